The van der Waals surface area contributed by atoms with E-state index in [1.165, 1.54) is 7.11 Å². The van der Waals surface area contributed by atoms with Gasteiger partial charge in [0.05, 0.1) is 6.61 Å². The lowest BCUT2D eigenvalue weighted by atomic mass is 9.98. The number of aliphatic carboxylic acids is 1. The molecule has 0 saturated carbocycles. The maximum absolute atomic E-state index is 12.5. The van der Waals surface area contributed by atoms with Crippen molar-refractivity contribution in [3.05, 3.63) is 59.7 Å². The number of methoxy groups -OCH3 is 1. The number of carboxylic acid groups (broad SMARTS) is 1. The van der Waals surface area contributed by atoms with Crippen molar-refractivity contribution < 1.29 is 33.8 Å². The smallest absolute Gasteiger partial charge is 0.407 e. The lowest BCUT2D eigenvalue weighted by molar-refractivity contribution is -0.165. The number of fused-ring (bicyclic) bond motifs is 3. The molecule has 176 valence electrons. The Kier molecular flexibility index (Phi) is 8.39. The first-order valence-electron chi connectivity index (χ1n) is 10.7. The van der Waals surface area contributed by atoms with Crippen LogP contribution in [0.4, 0.5) is 4.79 Å². The van der Waals surface area contributed by atoms with Crippen molar-refractivity contribution >= 4 is 18.0 Å². The fraction of sp³-hybridized carbons (Fsp3) is 0.375. The van der Waals surface area contributed by atoms with Gasteiger partial charge in [-0.2, -0.15) is 0 Å². The van der Waals surface area contributed by atoms with Crippen LogP contribution in [0.1, 0.15) is 36.8 Å². The second kappa shape index (κ2) is 11.4. The Hall–Kier alpha value is -3.43. The summed E-state index contributed by atoms with van der Waals surface area (Å²) < 4.78 is 10.2. The number of alkyl carbamates (subject to hydrolysis) is 1. The maximum Gasteiger partial charge on any atom is 0.407 e. The monoisotopic (exact) mass is 456 g/mol. The second-order valence-corrected chi connectivity index (χ2v) is 7.68. The van der Waals surface area contributed by atoms with Crippen LogP contribution >= 0.6 is 0 Å². The molecule has 3 N–H and O–H groups in total. The molecule has 2 amide bonds. The SMILES string of the molecule is CCCC(NC(=O)OCC1c2ccccc2-c2ccccc21)C(=O)NOC(COC)C(=O)O. The number of carboxylic acids is 1. The summed E-state index contributed by atoms with van der Waals surface area (Å²) >= 11 is 0. The summed E-state index contributed by atoms with van der Waals surface area (Å²) in [5.41, 5.74) is 6.49. The summed E-state index contributed by atoms with van der Waals surface area (Å²) in [7, 11) is 1.32. The third-order valence-electron chi connectivity index (χ3n) is 5.42. The Morgan fingerprint density at radius 2 is 1.64 bits per heavy atom. The number of hydrogen-bond donors (Lipinski definition) is 3. The lowest BCUT2D eigenvalue weighted by Gasteiger charge is -2.20. The molecule has 0 heterocycles. The fourth-order valence-corrected chi connectivity index (χ4v) is 3.85. The number of benzene rings is 2. The van der Waals surface area contributed by atoms with E-state index in [2.05, 4.69) is 10.8 Å². The molecule has 0 aromatic heterocycles. The minimum atomic E-state index is -1.37. The van der Waals surface area contributed by atoms with Crippen LogP contribution in [0.3, 0.4) is 0 Å². The van der Waals surface area contributed by atoms with Crippen molar-refractivity contribution in [3.8, 4) is 11.1 Å². The number of carbonyl (C=O) groups excluding carboxylic acids is 2. The maximum atomic E-state index is 12.5. The molecule has 2 unspecified atom stereocenters. The zero-order valence-electron chi connectivity index (χ0n) is 18.6. The van der Waals surface area contributed by atoms with E-state index in [1.807, 2.05) is 55.5 Å². The van der Waals surface area contributed by atoms with E-state index in [9.17, 15) is 14.4 Å². The Morgan fingerprint density at radius 3 is 2.18 bits per heavy atom. The number of amides is 2. The highest BCUT2D eigenvalue weighted by Gasteiger charge is 2.30. The molecule has 0 spiro atoms. The first-order valence-corrected chi connectivity index (χ1v) is 10.7. The summed E-state index contributed by atoms with van der Waals surface area (Å²) in [6, 6.07) is 15.0. The van der Waals surface area contributed by atoms with Crippen LogP contribution in [0.25, 0.3) is 11.1 Å². The average Bonchev–Trinajstić information content (AvgIpc) is 3.13. The molecule has 2 aromatic rings. The number of carbonyl (C=O) groups is 3. The third-order valence-corrected chi connectivity index (χ3v) is 5.42. The summed E-state index contributed by atoms with van der Waals surface area (Å²) in [5.74, 6) is -2.06. The van der Waals surface area contributed by atoms with Gasteiger partial charge in [0.15, 0.2) is 0 Å². The summed E-state index contributed by atoms with van der Waals surface area (Å²) in [5, 5.41) is 11.6. The Balaban J connectivity index is 1.59. The van der Waals surface area contributed by atoms with Gasteiger partial charge in [-0.3, -0.25) is 9.63 Å². The topological polar surface area (TPSA) is 123 Å². The fourth-order valence-electron chi connectivity index (χ4n) is 3.85. The van der Waals surface area contributed by atoms with Crippen LogP contribution in [-0.2, 0) is 23.9 Å². The third kappa shape index (κ3) is 5.88. The molecule has 0 fully saturated rings. The lowest BCUT2D eigenvalue weighted by Crippen LogP contribution is -2.49. The van der Waals surface area contributed by atoms with Gasteiger partial charge >= 0.3 is 12.1 Å². The van der Waals surface area contributed by atoms with Crippen LogP contribution in [0, 0.1) is 0 Å². The molecule has 9 nitrogen and oxygen atoms in total. The largest absolute Gasteiger partial charge is 0.479 e. The predicted molar refractivity (Wildman–Crippen MR) is 119 cm³/mol. The van der Waals surface area contributed by atoms with E-state index in [4.69, 9.17) is 19.4 Å². The molecule has 0 saturated heterocycles. The Bertz CT molecular complexity index is 949. The van der Waals surface area contributed by atoms with Crippen molar-refractivity contribution in [1.82, 2.24) is 10.8 Å². The van der Waals surface area contributed by atoms with Gasteiger partial charge in [0.2, 0.25) is 6.10 Å². The van der Waals surface area contributed by atoms with Crippen LogP contribution in [0.5, 0.6) is 0 Å². The predicted octanol–water partition coefficient (Wildman–Crippen LogP) is 2.84. The van der Waals surface area contributed by atoms with Gasteiger partial charge < -0.3 is 19.9 Å². The molecule has 0 radical (unpaired) electrons. The van der Waals surface area contributed by atoms with Crippen LogP contribution in [0.2, 0.25) is 0 Å². The van der Waals surface area contributed by atoms with E-state index in [0.29, 0.717) is 12.8 Å². The van der Waals surface area contributed by atoms with Crippen LogP contribution in [-0.4, -0.2) is 55.5 Å². The zero-order valence-corrected chi connectivity index (χ0v) is 18.6. The van der Waals surface area contributed by atoms with Crippen molar-refractivity contribution in [2.24, 2.45) is 0 Å². The standard InChI is InChI=1S/C24H28N2O7/c1-3-8-20(22(27)26-33-21(14-31-2)23(28)29)25-24(30)32-13-19-17-11-6-4-9-15(17)16-10-5-7-12-18(16)19/h4-7,9-12,19-21H,3,8,13-14H2,1-2H3,(H,25,30)(H,26,27)(H,28,29). The number of ether oxygens (including phenoxy) is 2. The highest BCUT2D eigenvalue weighted by Crippen LogP contribution is 2.44. The van der Waals surface area contributed by atoms with E-state index in [1.54, 1.807) is 0 Å². The van der Waals surface area contributed by atoms with Crippen molar-refractivity contribution in [2.45, 2.75) is 37.8 Å². The van der Waals surface area contributed by atoms with Gasteiger partial charge in [-0.15, -0.1) is 0 Å². The minimum Gasteiger partial charge on any atom is -0.479 e. The molecule has 3 rings (SSSR count). The molecule has 1 aliphatic carbocycles. The quantitative estimate of drug-likeness (QED) is 0.444. The molecule has 33 heavy (non-hydrogen) atoms. The minimum absolute atomic E-state index is 0.102. The van der Waals surface area contributed by atoms with Gasteiger partial charge in [0.1, 0.15) is 12.6 Å². The first kappa shape index (κ1) is 24.2. The first-order chi connectivity index (χ1) is 16.0. The number of hydrogen-bond acceptors (Lipinski definition) is 6. The highest BCUT2D eigenvalue weighted by atomic mass is 16.7. The normalized spacial score (nSPS) is 14.0. The molecule has 0 aliphatic heterocycles. The Labute approximate surface area is 192 Å². The van der Waals surface area contributed by atoms with E-state index in [-0.39, 0.29) is 19.1 Å². The van der Waals surface area contributed by atoms with E-state index in [0.717, 1.165) is 22.3 Å². The molecule has 1 aliphatic rings. The average molecular weight is 456 g/mol. The molecule has 0 bridgehead atoms. The van der Waals surface area contributed by atoms with E-state index < -0.39 is 30.1 Å². The summed E-state index contributed by atoms with van der Waals surface area (Å²) in [4.78, 5) is 41.0. The second-order valence-electron chi connectivity index (χ2n) is 7.68. The van der Waals surface area contributed by atoms with Gasteiger partial charge in [-0.1, -0.05) is 61.9 Å². The highest BCUT2D eigenvalue weighted by molar-refractivity contribution is 5.85. The number of hydroxylamine groups is 1. The van der Waals surface area contributed by atoms with Gasteiger partial charge in [0.25, 0.3) is 5.91 Å². The molecule has 9 heteroatoms. The van der Waals surface area contributed by atoms with Crippen LogP contribution < -0.4 is 10.8 Å². The summed E-state index contributed by atoms with van der Waals surface area (Å²) in [6.07, 6.45) is -1.18. The van der Waals surface area contributed by atoms with E-state index >= 15 is 0 Å². The van der Waals surface area contributed by atoms with Gasteiger partial charge in [0, 0.05) is 13.0 Å². The number of rotatable bonds is 11. The van der Waals surface area contributed by atoms with Crippen LogP contribution in [0.15, 0.2) is 48.5 Å². The molecule has 2 aromatic carbocycles. The molecular formula is C24H28N2O7. The number of nitrogens with one attached hydrogen (secondary N) is 2. The van der Waals surface area contributed by atoms with Crippen molar-refractivity contribution in [1.29, 1.82) is 0 Å². The van der Waals surface area contributed by atoms with Gasteiger partial charge in [-0.05, 0) is 28.7 Å². The summed E-state index contributed by atoms with van der Waals surface area (Å²) in [6.45, 7) is 1.73. The zero-order chi connectivity index (χ0) is 23.8. The van der Waals surface area contributed by atoms with Crippen molar-refractivity contribution in [3.63, 3.8) is 0 Å². The van der Waals surface area contributed by atoms with Gasteiger partial charge in [-0.25, -0.2) is 15.1 Å². The van der Waals surface area contributed by atoms with Crippen molar-refractivity contribution in [2.75, 3.05) is 20.3 Å². The molecule has 2 atom stereocenters. The Morgan fingerprint density at radius 1 is 1.03 bits per heavy atom. The molecular weight excluding hydrogens is 428 g/mol.